The zero-order valence-electron chi connectivity index (χ0n) is 14.5. The molecule has 0 unspecified atom stereocenters. The topological polar surface area (TPSA) is 25.2 Å². The summed E-state index contributed by atoms with van der Waals surface area (Å²) >= 11 is 3.16. The van der Waals surface area contributed by atoms with E-state index in [0.29, 0.717) is 0 Å². The molecule has 1 aromatic heterocycles. The lowest BCUT2D eigenvalue weighted by atomic mass is 10.2. The molecule has 0 amide bonds. The number of aromatic nitrogens is 1. The Labute approximate surface area is 155 Å². The van der Waals surface area contributed by atoms with Crippen LogP contribution in [0.4, 0.5) is 5.69 Å². The molecule has 0 bridgehead atoms. The second-order valence-electron chi connectivity index (χ2n) is 5.67. The van der Waals surface area contributed by atoms with Crippen molar-refractivity contribution in [1.29, 1.82) is 0 Å². The normalized spacial score (nSPS) is 17.1. The number of anilines is 1. The zero-order chi connectivity index (χ0) is 18.0. The van der Waals surface area contributed by atoms with Gasteiger partial charge in [-0.05, 0) is 30.7 Å². The maximum Gasteiger partial charge on any atom is 0.271 e. The molecule has 0 N–H and O–H groups in total. The predicted octanol–water partition coefficient (Wildman–Crippen LogP) is 3.22. The van der Waals surface area contributed by atoms with Crippen LogP contribution >= 0.6 is 23.1 Å². The summed E-state index contributed by atoms with van der Waals surface area (Å²) in [5.74, 6) is 0. The fourth-order valence-corrected chi connectivity index (χ4v) is 4.95. The van der Waals surface area contributed by atoms with Gasteiger partial charge in [-0.15, -0.1) is 11.3 Å². The summed E-state index contributed by atoms with van der Waals surface area (Å²) < 4.78 is 3.36. The highest BCUT2D eigenvalue weighted by Gasteiger charge is 2.23. The number of hydrogen-bond acceptors (Lipinski definition) is 4. The summed E-state index contributed by atoms with van der Waals surface area (Å²) in [6.07, 6.45) is 9.74. The highest BCUT2D eigenvalue weighted by molar-refractivity contribution is 8.08. The highest BCUT2D eigenvalue weighted by atomic mass is 32.2. The van der Waals surface area contributed by atoms with E-state index in [1.165, 1.54) is 16.2 Å². The highest BCUT2D eigenvalue weighted by Crippen LogP contribution is 2.44. The predicted molar refractivity (Wildman–Crippen MR) is 110 cm³/mol. The summed E-state index contributed by atoms with van der Waals surface area (Å²) in [7, 11) is 3.82. The van der Waals surface area contributed by atoms with E-state index in [9.17, 15) is 4.79 Å². The molecule has 5 heteroatoms. The fourth-order valence-electron chi connectivity index (χ4n) is 2.53. The van der Waals surface area contributed by atoms with E-state index < -0.39 is 0 Å². The minimum atomic E-state index is 0.0311. The average molecular weight is 369 g/mol. The van der Waals surface area contributed by atoms with Crippen molar-refractivity contribution >= 4 is 39.9 Å². The Kier molecular flexibility index (Phi) is 5.16. The lowest BCUT2D eigenvalue weighted by Crippen LogP contribution is -2.32. The summed E-state index contributed by atoms with van der Waals surface area (Å²) in [6.45, 7) is 6.01. The molecule has 25 heavy (non-hydrogen) atoms. The molecule has 128 valence electrons. The SMILES string of the molecule is C=C(/C=C\C=C/C)/C=c1\s/c(=C2/Sc3ccccc3N2C)c(=O)n1C. The quantitative estimate of drug-likeness (QED) is 0.778. The minimum Gasteiger partial charge on any atom is -0.337 e. The van der Waals surface area contributed by atoms with Crippen molar-refractivity contribution in [3.63, 3.8) is 0 Å². The fraction of sp³-hybridized carbons (Fsp3) is 0.150. The van der Waals surface area contributed by atoms with E-state index >= 15 is 0 Å². The molecule has 0 fully saturated rings. The summed E-state index contributed by atoms with van der Waals surface area (Å²) in [4.78, 5) is 16.0. The molecule has 3 nitrogen and oxygen atoms in total. The molecule has 1 aromatic carbocycles. The van der Waals surface area contributed by atoms with Crippen molar-refractivity contribution in [2.45, 2.75) is 11.8 Å². The van der Waals surface area contributed by atoms with Crippen LogP contribution in [0.3, 0.4) is 0 Å². The van der Waals surface area contributed by atoms with Crippen LogP contribution in [-0.4, -0.2) is 11.6 Å². The van der Waals surface area contributed by atoms with Gasteiger partial charge in [0.25, 0.3) is 5.56 Å². The maximum atomic E-state index is 12.7. The van der Waals surface area contributed by atoms with Gasteiger partial charge in [-0.2, -0.15) is 0 Å². The number of thiazole rings is 1. The van der Waals surface area contributed by atoms with Crippen LogP contribution in [0.15, 0.2) is 70.4 Å². The van der Waals surface area contributed by atoms with Crippen LogP contribution in [0.2, 0.25) is 0 Å². The first-order chi connectivity index (χ1) is 12.0. The molecule has 0 saturated carbocycles. The van der Waals surface area contributed by atoms with Crippen LogP contribution in [0.5, 0.6) is 0 Å². The van der Waals surface area contributed by atoms with E-state index in [-0.39, 0.29) is 5.56 Å². The minimum absolute atomic E-state index is 0.0311. The average Bonchev–Trinajstić information content (AvgIpc) is 3.07. The maximum absolute atomic E-state index is 12.7. The molecule has 2 aromatic rings. The Balaban J connectivity index is 2.10. The van der Waals surface area contributed by atoms with Gasteiger partial charge in [0.2, 0.25) is 0 Å². The third kappa shape index (κ3) is 3.43. The van der Waals surface area contributed by atoms with Crippen molar-refractivity contribution in [3.8, 4) is 0 Å². The van der Waals surface area contributed by atoms with Gasteiger partial charge in [-0.25, -0.2) is 0 Å². The number of thioether (sulfide) groups is 1. The van der Waals surface area contributed by atoms with Crippen LogP contribution in [0, 0.1) is 0 Å². The Bertz CT molecular complexity index is 1050. The Morgan fingerprint density at radius 1 is 1.20 bits per heavy atom. The van der Waals surface area contributed by atoms with Gasteiger partial charge in [0, 0.05) is 19.0 Å². The van der Waals surface area contributed by atoms with E-state index in [1.807, 2.05) is 63.5 Å². The lowest BCUT2D eigenvalue weighted by Gasteiger charge is -2.11. The van der Waals surface area contributed by atoms with E-state index in [0.717, 1.165) is 25.5 Å². The third-order valence-corrected chi connectivity index (χ3v) is 6.43. The van der Waals surface area contributed by atoms with Crippen LogP contribution in [0.1, 0.15) is 6.92 Å². The van der Waals surface area contributed by atoms with Gasteiger partial charge in [0.15, 0.2) is 0 Å². The van der Waals surface area contributed by atoms with E-state index in [4.69, 9.17) is 0 Å². The molecular weight excluding hydrogens is 348 g/mol. The standard InChI is InChI=1S/C20H20N2OS2/c1-5-6-7-10-14(2)13-17-22(4)19(23)18(25-17)20-21(3)15-11-8-9-12-16(15)24-20/h5-13H,2H2,1,3-4H3/b6-5-,10-7-,17-13-,20-18+. The lowest BCUT2D eigenvalue weighted by molar-refractivity contribution is 0.856. The van der Waals surface area contributed by atoms with Gasteiger partial charge in [-0.1, -0.05) is 54.8 Å². The van der Waals surface area contributed by atoms with Crippen molar-refractivity contribution in [3.05, 3.63) is 80.3 Å². The van der Waals surface area contributed by atoms with Gasteiger partial charge in [-0.3, -0.25) is 4.79 Å². The van der Waals surface area contributed by atoms with Crippen molar-refractivity contribution in [2.24, 2.45) is 7.05 Å². The van der Waals surface area contributed by atoms with Gasteiger partial charge in [0.05, 0.1) is 10.4 Å². The zero-order valence-corrected chi connectivity index (χ0v) is 16.2. The number of nitrogens with zero attached hydrogens (tertiary/aromatic N) is 2. The number of para-hydroxylation sites is 1. The Morgan fingerprint density at radius 3 is 2.68 bits per heavy atom. The number of benzene rings is 1. The Hall–Kier alpha value is -2.24. The van der Waals surface area contributed by atoms with Gasteiger partial charge < -0.3 is 9.47 Å². The molecule has 1 aliphatic rings. The summed E-state index contributed by atoms with van der Waals surface area (Å²) in [6, 6.07) is 8.21. The van der Waals surface area contributed by atoms with Crippen LogP contribution < -0.4 is 19.7 Å². The molecule has 3 rings (SSSR count). The summed E-state index contributed by atoms with van der Waals surface area (Å²) in [5.41, 5.74) is 2.04. The molecule has 1 aliphatic heterocycles. The monoisotopic (exact) mass is 368 g/mol. The van der Waals surface area contributed by atoms with Crippen molar-refractivity contribution in [1.82, 2.24) is 4.57 Å². The van der Waals surface area contributed by atoms with Gasteiger partial charge >= 0.3 is 0 Å². The smallest absolute Gasteiger partial charge is 0.271 e. The van der Waals surface area contributed by atoms with Crippen LogP contribution in [0.25, 0.3) is 11.1 Å². The largest absolute Gasteiger partial charge is 0.337 e. The second-order valence-corrected chi connectivity index (χ2v) is 7.73. The first kappa shape index (κ1) is 17.6. The molecule has 2 heterocycles. The second kappa shape index (κ2) is 7.33. The molecule has 0 atom stereocenters. The first-order valence-corrected chi connectivity index (χ1v) is 9.57. The molecule has 0 spiro atoms. The van der Waals surface area contributed by atoms with Crippen LogP contribution in [-0.2, 0) is 7.05 Å². The number of allylic oxidation sites excluding steroid dienone is 5. The van der Waals surface area contributed by atoms with E-state index in [1.54, 1.807) is 16.3 Å². The Morgan fingerprint density at radius 2 is 1.96 bits per heavy atom. The molecule has 0 radical (unpaired) electrons. The van der Waals surface area contributed by atoms with Crippen molar-refractivity contribution in [2.75, 3.05) is 11.9 Å². The molecule has 0 aliphatic carbocycles. The van der Waals surface area contributed by atoms with Gasteiger partial charge in [0.1, 0.15) is 9.56 Å². The number of hydrogen-bond donors (Lipinski definition) is 0. The van der Waals surface area contributed by atoms with E-state index in [2.05, 4.69) is 23.6 Å². The summed E-state index contributed by atoms with van der Waals surface area (Å²) in [5, 5.41) is 0.988. The molecule has 0 saturated heterocycles. The third-order valence-electron chi connectivity index (χ3n) is 3.89. The first-order valence-electron chi connectivity index (χ1n) is 7.93. The number of fused-ring (bicyclic) bond motifs is 1. The molecular formula is C20H20N2OS2. The number of rotatable bonds is 3. The van der Waals surface area contributed by atoms with Crippen molar-refractivity contribution < 1.29 is 0 Å².